The van der Waals surface area contributed by atoms with Crippen molar-refractivity contribution >= 4 is 11.6 Å². The molecular weight excluding hydrogens is 264 g/mol. The fraction of sp³-hybridized carbons (Fsp3) is 0.588. The van der Waals surface area contributed by atoms with Gasteiger partial charge >= 0.3 is 0 Å². The van der Waals surface area contributed by atoms with E-state index in [0.717, 1.165) is 12.8 Å². The molecular formula is C17H28N2O2. The fourth-order valence-corrected chi connectivity index (χ4v) is 2.18. The Balaban J connectivity index is 2.81. The lowest BCUT2D eigenvalue weighted by molar-refractivity contribution is 0.0822. The van der Waals surface area contributed by atoms with Gasteiger partial charge in [0.15, 0.2) is 0 Å². The number of unbranched alkanes of at least 4 members (excludes halogenated alkanes) is 1. The zero-order valence-corrected chi connectivity index (χ0v) is 13.7. The first kappa shape index (κ1) is 17.3. The summed E-state index contributed by atoms with van der Waals surface area (Å²) >= 11 is 0. The Labute approximate surface area is 128 Å². The topological polar surface area (TPSA) is 55.6 Å². The molecule has 0 fully saturated rings. The molecule has 4 heteroatoms. The SMILES string of the molecule is CCCCC(CC)COc1cc(N)ccc1C(=O)N(C)C. The lowest BCUT2D eigenvalue weighted by Crippen LogP contribution is -2.23. The minimum absolute atomic E-state index is 0.0633. The first-order valence-corrected chi connectivity index (χ1v) is 7.73. The number of rotatable bonds is 8. The van der Waals surface area contributed by atoms with Gasteiger partial charge in [0.25, 0.3) is 5.91 Å². The summed E-state index contributed by atoms with van der Waals surface area (Å²) in [5.74, 6) is 1.05. The predicted molar refractivity (Wildman–Crippen MR) is 87.7 cm³/mol. The van der Waals surface area contributed by atoms with Crippen LogP contribution in [0.3, 0.4) is 0 Å². The second-order valence-corrected chi connectivity index (χ2v) is 5.68. The number of hydrogen-bond acceptors (Lipinski definition) is 3. The van der Waals surface area contributed by atoms with Crippen LogP contribution in [0, 0.1) is 5.92 Å². The van der Waals surface area contributed by atoms with Crippen LogP contribution in [0.4, 0.5) is 5.69 Å². The highest BCUT2D eigenvalue weighted by Crippen LogP contribution is 2.24. The van der Waals surface area contributed by atoms with Crippen LogP contribution in [0.25, 0.3) is 0 Å². The highest BCUT2D eigenvalue weighted by Gasteiger charge is 2.16. The molecule has 0 aliphatic rings. The number of ether oxygens (including phenoxy) is 1. The van der Waals surface area contributed by atoms with Crippen molar-refractivity contribution in [3.63, 3.8) is 0 Å². The summed E-state index contributed by atoms with van der Waals surface area (Å²) in [7, 11) is 3.47. The molecule has 0 aliphatic heterocycles. The molecule has 21 heavy (non-hydrogen) atoms. The largest absolute Gasteiger partial charge is 0.492 e. The molecule has 1 amide bonds. The Morgan fingerprint density at radius 2 is 2.05 bits per heavy atom. The van der Waals surface area contributed by atoms with E-state index in [2.05, 4.69) is 13.8 Å². The van der Waals surface area contributed by atoms with Crippen LogP contribution in [0.5, 0.6) is 5.75 Å². The number of carbonyl (C=O) groups is 1. The molecule has 1 rings (SSSR count). The molecule has 1 atom stereocenters. The molecule has 1 aromatic carbocycles. The molecule has 0 aromatic heterocycles. The molecule has 0 aliphatic carbocycles. The van der Waals surface area contributed by atoms with Crippen molar-refractivity contribution < 1.29 is 9.53 Å². The van der Waals surface area contributed by atoms with Crippen LogP contribution in [-0.2, 0) is 0 Å². The number of carbonyl (C=O) groups excluding carboxylic acids is 1. The zero-order chi connectivity index (χ0) is 15.8. The normalized spacial score (nSPS) is 12.0. The van der Waals surface area contributed by atoms with Gasteiger partial charge in [-0.2, -0.15) is 0 Å². The van der Waals surface area contributed by atoms with E-state index >= 15 is 0 Å². The van der Waals surface area contributed by atoms with E-state index in [1.807, 2.05) is 0 Å². The van der Waals surface area contributed by atoms with Gasteiger partial charge in [0, 0.05) is 25.8 Å². The number of nitrogen functional groups attached to an aromatic ring is 1. The summed E-state index contributed by atoms with van der Waals surface area (Å²) in [6, 6.07) is 5.21. The van der Waals surface area contributed by atoms with Crippen LogP contribution < -0.4 is 10.5 Å². The van der Waals surface area contributed by atoms with E-state index in [1.54, 1.807) is 37.2 Å². The van der Waals surface area contributed by atoms with Gasteiger partial charge in [-0.05, 0) is 24.5 Å². The van der Waals surface area contributed by atoms with Crippen molar-refractivity contribution in [3.05, 3.63) is 23.8 Å². The summed E-state index contributed by atoms with van der Waals surface area (Å²) in [5, 5.41) is 0. The van der Waals surface area contributed by atoms with E-state index in [-0.39, 0.29) is 5.91 Å². The molecule has 0 saturated heterocycles. The summed E-state index contributed by atoms with van der Waals surface area (Å²) in [6.45, 7) is 5.00. The third-order valence-corrected chi connectivity index (χ3v) is 3.66. The Hall–Kier alpha value is -1.71. The average Bonchev–Trinajstić information content (AvgIpc) is 2.46. The zero-order valence-electron chi connectivity index (χ0n) is 13.7. The van der Waals surface area contributed by atoms with Gasteiger partial charge in [0.1, 0.15) is 5.75 Å². The van der Waals surface area contributed by atoms with Gasteiger partial charge < -0.3 is 15.4 Å². The van der Waals surface area contributed by atoms with Crippen LogP contribution in [0.1, 0.15) is 49.9 Å². The predicted octanol–water partition coefficient (Wildman–Crippen LogP) is 3.57. The van der Waals surface area contributed by atoms with E-state index in [9.17, 15) is 4.79 Å². The van der Waals surface area contributed by atoms with E-state index in [4.69, 9.17) is 10.5 Å². The van der Waals surface area contributed by atoms with Gasteiger partial charge in [-0.15, -0.1) is 0 Å². The first-order chi connectivity index (χ1) is 9.99. The number of nitrogens with two attached hydrogens (primary N) is 1. The second-order valence-electron chi connectivity index (χ2n) is 5.68. The van der Waals surface area contributed by atoms with Crippen molar-refractivity contribution in [2.24, 2.45) is 5.92 Å². The Morgan fingerprint density at radius 3 is 2.62 bits per heavy atom. The summed E-state index contributed by atoms with van der Waals surface area (Å²) in [6.07, 6.45) is 4.65. The van der Waals surface area contributed by atoms with Crippen LogP contribution in [-0.4, -0.2) is 31.5 Å². The van der Waals surface area contributed by atoms with Gasteiger partial charge in [-0.1, -0.05) is 33.1 Å². The molecule has 118 valence electrons. The van der Waals surface area contributed by atoms with Crippen molar-refractivity contribution in [2.45, 2.75) is 39.5 Å². The molecule has 0 spiro atoms. The fourth-order valence-electron chi connectivity index (χ4n) is 2.18. The van der Waals surface area contributed by atoms with Gasteiger partial charge in [0.05, 0.1) is 12.2 Å². The van der Waals surface area contributed by atoms with E-state index in [0.29, 0.717) is 29.5 Å². The van der Waals surface area contributed by atoms with E-state index < -0.39 is 0 Å². The van der Waals surface area contributed by atoms with Gasteiger partial charge in [-0.25, -0.2) is 0 Å². The third-order valence-electron chi connectivity index (χ3n) is 3.66. The van der Waals surface area contributed by atoms with Gasteiger partial charge in [-0.3, -0.25) is 4.79 Å². The summed E-state index contributed by atoms with van der Waals surface area (Å²) in [5.41, 5.74) is 7.00. The third kappa shape index (κ3) is 5.29. The van der Waals surface area contributed by atoms with Crippen molar-refractivity contribution in [2.75, 3.05) is 26.4 Å². The lowest BCUT2D eigenvalue weighted by Gasteiger charge is -2.19. The quantitative estimate of drug-likeness (QED) is 0.745. The van der Waals surface area contributed by atoms with Crippen LogP contribution >= 0.6 is 0 Å². The molecule has 4 nitrogen and oxygen atoms in total. The number of nitrogens with zero attached hydrogens (tertiary/aromatic N) is 1. The minimum atomic E-state index is -0.0633. The van der Waals surface area contributed by atoms with Gasteiger partial charge in [0.2, 0.25) is 0 Å². The van der Waals surface area contributed by atoms with E-state index in [1.165, 1.54) is 12.8 Å². The minimum Gasteiger partial charge on any atom is -0.492 e. The Kier molecular flexibility index (Phi) is 7.06. The molecule has 1 aromatic rings. The van der Waals surface area contributed by atoms with Crippen molar-refractivity contribution in [1.82, 2.24) is 4.90 Å². The summed E-state index contributed by atoms with van der Waals surface area (Å²) < 4.78 is 5.91. The molecule has 2 N–H and O–H groups in total. The standard InChI is InChI=1S/C17H28N2O2/c1-5-7-8-13(6-2)12-21-16-11-14(18)9-10-15(16)17(20)19(3)4/h9-11,13H,5-8,12,18H2,1-4H3. The molecule has 1 unspecified atom stereocenters. The van der Waals surface area contributed by atoms with Crippen LogP contribution in [0.2, 0.25) is 0 Å². The number of anilines is 1. The molecule has 0 saturated carbocycles. The maximum absolute atomic E-state index is 12.2. The number of benzene rings is 1. The maximum atomic E-state index is 12.2. The first-order valence-electron chi connectivity index (χ1n) is 7.73. The molecule has 0 bridgehead atoms. The highest BCUT2D eigenvalue weighted by molar-refractivity contribution is 5.97. The molecule has 0 heterocycles. The smallest absolute Gasteiger partial charge is 0.257 e. The Morgan fingerprint density at radius 1 is 1.33 bits per heavy atom. The van der Waals surface area contributed by atoms with Crippen molar-refractivity contribution in [3.8, 4) is 5.75 Å². The van der Waals surface area contributed by atoms with Crippen molar-refractivity contribution in [1.29, 1.82) is 0 Å². The highest BCUT2D eigenvalue weighted by atomic mass is 16.5. The molecule has 0 radical (unpaired) electrons. The maximum Gasteiger partial charge on any atom is 0.257 e. The lowest BCUT2D eigenvalue weighted by atomic mass is 10.0. The number of amides is 1. The summed E-state index contributed by atoms with van der Waals surface area (Å²) in [4.78, 5) is 13.7. The van der Waals surface area contributed by atoms with Crippen LogP contribution in [0.15, 0.2) is 18.2 Å². The number of hydrogen-bond donors (Lipinski definition) is 1. The monoisotopic (exact) mass is 292 g/mol. The average molecular weight is 292 g/mol. The second kappa shape index (κ2) is 8.55. The Bertz CT molecular complexity index is 458.